The van der Waals surface area contributed by atoms with E-state index in [1.807, 2.05) is 60.7 Å². The van der Waals surface area contributed by atoms with Crippen molar-refractivity contribution in [1.82, 2.24) is 0 Å². The van der Waals surface area contributed by atoms with Gasteiger partial charge in [-0.1, -0.05) is 186 Å². The van der Waals surface area contributed by atoms with Crippen LogP contribution >= 0.6 is 0 Å². The molecule has 0 radical (unpaired) electrons. The number of unbranched alkanes of at least 4 members (excludes halogenated alkanes) is 15. The zero-order chi connectivity index (χ0) is 48.2. The van der Waals surface area contributed by atoms with Crippen molar-refractivity contribution in [2.45, 2.75) is 116 Å². The van der Waals surface area contributed by atoms with Crippen LogP contribution in [0.5, 0.6) is 34.5 Å². The lowest BCUT2D eigenvalue weighted by Crippen LogP contribution is -1.98. The highest BCUT2D eigenvalue weighted by atomic mass is 16.5. The Hall–Kier alpha value is -6.40. The summed E-state index contributed by atoms with van der Waals surface area (Å²) < 4.78 is 35.6. The molecule has 0 heterocycles. The van der Waals surface area contributed by atoms with Gasteiger partial charge in [0.2, 0.25) is 0 Å². The maximum atomic E-state index is 6.03. The third-order valence-corrected chi connectivity index (χ3v) is 12.2. The van der Waals surface area contributed by atoms with Crippen molar-refractivity contribution >= 4 is 24.3 Å². The summed E-state index contributed by atoms with van der Waals surface area (Å²) in [4.78, 5) is 0. The zero-order valence-electron chi connectivity index (χ0n) is 41.7. The van der Waals surface area contributed by atoms with Gasteiger partial charge in [0.1, 0.15) is 34.5 Å². The second-order valence-electron chi connectivity index (χ2n) is 18.0. The van der Waals surface area contributed by atoms with Gasteiger partial charge in [-0.3, -0.25) is 0 Å². The molecule has 0 unspecified atom stereocenters. The molecular weight excluding hydrogens is 865 g/mol. The summed E-state index contributed by atoms with van der Waals surface area (Å²) in [5.74, 6) is 5.63. The summed E-state index contributed by atoms with van der Waals surface area (Å²) in [6.45, 7) is 4.61. The maximum Gasteiger partial charge on any atom is 0.119 e. The first-order valence-corrected chi connectivity index (χ1v) is 26.4. The molecule has 0 amide bonds. The molecule has 70 heavy (non-hydrogen) atoms. The largest absolute Gasteiger partial charge is 0.494 e. The highest BCUT2D eigenvalue weighted by Gasteiger charge is 2.01. The number of ether oxygens (including phenoxy) is 6. The summed E-state index contributed by atoms with van der Waals surface area (Å²) in [6, 6.07) is 53.5. The van der Waals surface area contributed by atoms with Gasteiger partial charge in [-0.25, -0.2) is 0 Å². The standard InChI is InChI=1S/C64H78O6/c1(7-19-49-65-59-25-15-13-16-26-59)3-9-21-51-67-61-41-33-55(34-42-61)29-31-57-37-45-63(46-38-57)69-53-23-11-5-6-12-24-54-70-64-47-39-58(40-48-64)32-30-56-35-43-62(44-36-56)68-52-22-10-4-2-8-20-50-66-60-27-17-14-18-28-60/h13-18,25-48H,1-12,19-24,49-54H2/b31-29+,32-30+. The maximum absolute atomic E-state index is 6.03. The van der Waals surface area contributed by atoms with E-state index >= 15 is 0 Å². The first kappa shape index (κ1) is 53.0. The fourth-order valence-electron chi connectivity index (χ4n) is 7.99. The van der Waals surface area contributed by atoms with Gasteiger partial charge in [0.05, 0.1) is 39.6 Å². The fraction of sp³-hybridized carbons (Fsp3) is 0.375. The van der Waals surface area contributed by atoms with Crippen LogP contribution in [0.2, 0.25) is 0 Å². The van der Waals surface area contributed by atoms with Crippen LogP contribution in [0.4, 0.5) is 0 Å². The lowest BCUT2D eigenvalue weighted by atomic mass is 10.1. The van der Waals surface area contributed by atoms with Crippen LogP contribution in [0.1, 0.15) is 138 Å². The zero-order valence-corrected chi connectivity index (χ0v) is 41.7. The van der Waals surface area contributed by atoms with E-state index in [9.17, 15) is 0 Å². The molecule has 6 aromatic rings. The molecule has 0 aliphatic heterocycles. The number of para-hydroxylation sites is 2. The molecule has 6 rings (SSSR count). The summed E-state index contributed by atoms with van der Waals surface area (Å²) in [5.41, 5.74) is 4.61. The van der Waals surface area contributed by atoms with E-state index in [1.165, 1.54) is 77.0 Å². The predicted molar refractivity (Wildman–Crippen MR) is 293 cm³/mol. The smallest absolute Gasteiger partial charge is 0.119 e. The van der Waals surface area contributed by atoms with Crippen LogP contribution in [-0.2, 0) is 0 Å². The molecule has 0 aliphatic rings. The van der Waals surface area contributed by atoms with E-state index in [0.29, 0.717) is 0 Å². The molecule has 0 aromatic heterocycles. The molecule has 0 aliphatic carbocycles. The minimum absolute atomic E-state index is 0.749. The first-order chi connectivity index (χ1) is 34.7. The Bertz CT molecular complexity index is 2090. The molecule has 0 bridgehead atoms. The number of benzene rings is 6. The second kappa shape index (κ2) is 34.0. The van der Waals surface area contributed by atoms with Crippen molar-refractivity contribution in [3.63, 3.8) is 0 Å². The highest BCUT2D eigenvalue weighted by Crippen LogP contribution is 2.21. The van der Waals surface area contributed by atoms with Crippen molar-refractivity contribution in [2.75, 3.05) is 39.6 Å². The monoisotopic (exact) mass is 943 g/mol. The third kappa shape index (κ3) is 23.3. The summed E-state index contributed by atoms with van der Waals surface area (Å²) in [6.07, 6.45) is 29.7. The van der Waals surface area contributed by atoms with Gasteiger partial charge in [-0.05, 0) is 134 Å². The fourth-order valence-corrected chi connectivity index (χ4v) is 7.99. The van der Waals surface area contributed by atoms with Crippen LogP contribution in [0.15, 0.2) is 158 Å². The van der Waals surface area contributed by atoms with Gasteiger partial charge in [0.15, 0.2) is 0 Å². The SMILES string of the molecule is C(=C\c1ccc(OCCCCCCCCOc2ccc(/C=C/c3ccc(OCCCCCCCCOc4ccccc4)cc3)cc2)cc1)/c1ccc(OCCCCCCCCOc2ccccc2)cc1. The summed E-state index contributed by atoms with van der Waals surface area (Å²) in [7, 11) is 0. The van der Waals surface area contributed by atoms with Crippen LogP contribution in [0, 0.1) is 0 Å². The molecule has 0 fully saturated rings. The minimum Gasteiger partial charge on any atom is -0.494 e. The Morgan fingerprint density at radius 1 is 0.186 bits per heavy atom. The molecule has 370 valence electrons. The van der Waals surface area contributed by atoms with Crippen molar-refractivity contribution < 1.29 is 28.4 Å². The van der Waals surface area contributed by atoms with E-state index in [4.69, 9.17) is 28.4 Å². The molecule has 0 atom stereocenters. The van der Waals surface area contributed by atoms with E-state index in [0.717, 1.165) is 135 Å². The topological polar surface area (TPSA) is 55.4 Å². The summed E-state index contributed by atoms with van der Waals surface area (Å²) in [5, 5.41) is 0. The molecule has 6 nitrogen and oxygen atoms in total. The number of rotatable bonds is 37. The Kier molecular flexibility index (Phi) is 25.7. The van der Waals surface area contributed by atoms with Crippen LogP contribution in [0.25, 0.3) is 24.3 Å². The van der Waals surface area contributed by atoms with Gasteiger partial charge >= 0.3 is 0 Å². The van der Waals surface area contributed by atoms with Crippen molar-refractivity contribution in [1.29, 1.82) is 0 Å². The highest BCUT2D eigenvalue weighted by molar-refractivity contribution is 5.71. The van der Waals surface area contributed by atoms with Gasteiger partial charge in [0.25, 0.3) is 0 Å². The average molecular weight is 943 g/mol. The Labute approximate surface area is 420 Å². The van der Waals surface area contributed by atoms with Crippen LogP contribution in [0.3, 0.4) is 0 Å². The molecule has 0 spiro atoms. The van der Waals surface area contributed by atoms with Crippen LogP contribution < -0.4 is 28.4 Å². The molecular formula is C64H78O6. The first-order valence-electron chi connectivity index (χ1n) is 26.4. The van der Waals surface area contributed by atoms with E-state index < -0.39 is 0 Å². The van der Waals surface area contributed by atoms with Gasteiger partial charge < -0.3 is 28.4 Å². The average Bonchev–Trinajstić information content (AvgIpc) is 3.41. The van der Waals surface area contributed by atoms with Crippen molar-refractivity contribution in [2.24, 2.45) is 0 Å². The van der Waals surface area contributed by atoms with Crippen molar-refractivity contribution in [3.05, 3.63) is 180 Å². The second-order valence-corrected chi connectivity index (χ2v) is 18.0. The normalized spacial score (nSPS) is 11.3. The molecule has 0 saturated heterocycles. The quantitative estimate of drug-likeness (QED) is 0.0286. The minimum atomic E-state index is 0.749. The number of hydrogen-bond acceptors (Lipinski definition) is 6. The van der Waals surface area contributed by atoms with Gasteiger partial charge in [-0.2, -0.15) is 0 Å². The van der Waals surface area contributed by atoms with Gasteiger partial charge in [-0.15, -0.1) is 0 Å². The van der Waals surface area contributed by atoms with E-state index in [-0.39, 0.29) is 0 Å². The molecule has 6 aromatic carbocycles. The summed E-state index contributed by atoms with van der Waals surface area (Å²) >= 11 is 0. The van der Waals surface area contributed by atoms with Gasteiger partial charge in [0, 0.05) is 0 Å². The number of hydrogen-bond donors (Lipinski definition) is 0. The lowest BCUT2D eigenvalue weighted by Gasteiger charge is -2.08. The molecule has 6 heteroatoms. The van der Waals surface area contributed by atoms with E-state index in [2.05, 4.69) is 121 Å². The van der Waals surface area contributed by atoms with Crippen LogP contribution in [-0.4, -0.2) is 39.6 Å². The Morgan fingerprint density at radius 3 is 0.557 bits per heavy atom. The Balaban J connectivity index is 0.703. The Morgan fingerprint density at radius 2 is 0.357 bits per heavy atom. The molecule has 0 saturated carbocycles. The molecule has 0 N–H and O–H groups in total. The third-order valence-electron chi connectivity index (χ3n) is 12.2. The lowest BCUT2D eigenvalue weighted by molar-refractivity contribution is 0.297. The van der Waals surface area contributed by atoms with Crippen molar-refractivity contribution in [3.8, 4) is 34.5 Å². The van der Waals surface area contributed by atoms with E-state index in [1.54, 1.807) is 0 Å². The predicted octanol–water partition coefficient (Wildman–Crippen LogP) is 17.4.